The maximum atomic E-state index is 14.1. The number of aliphatic hydroxyl groups is 1. The second kappa shape index (κ2) is 11.5. The van der Waals surface area contributed by atoms with Crippen LogP contribution >= 0.6 is 22.9 Å². The van der Waals surface area contributed by atoms with Crippen LogP contribution in [0.15, 0.2) is 60.1 Å². The molecule has 0 amide bonds. The zero-order valence-corrected chi connectivity index (χ0v) is 24.7. The molecule has 2 N–H and O–H groups in total. The number of rotatable bonds is 5. The van der Waals surface area contributed by atoms with Crippen LogP contribution in [-0.4, -0.2) is 69.9 Å². The lowest BCUT2D eigenvalue weighted by Crippen LogP contribution is -2.57. The highest BCUT2D eigenvalue weighted by molar-refractivity contribution is 7.11. The van der Waals surface area contributed by atoms with Gasteiger partial charge in [-0.15, -0.1) is 15.3 Å². The lowest BCUT2D eigenvalue weighted by atomic mass is 9.91. The highest BCUT2D eigenvalue weighted by atomic mass is 35.5. The molecule has 45 heavy (non-hydrogen) atoms. The Kier molecular flexibility index (Phi) is 7.58. The predicted octanol–water partition coefficient (Wildman–Crippen LogP) is 4.82. The fraction of sp³-hybridized carbons (Fsp3) is 0.321. The zero-order chi connectivity index (χ0) is 31.5. The van der Waals surface area contributed by atoms with Gasteiger partial charge >= 0.3 is 6.18 Å². The van der Waals surface area contributed by atoms with Gasteiger partial charge in [-0.1, -0.05) is 58.5 Å². The number of halogens is 4. The van der Waals surface area contributed by atoms with E-state index in [4.69, 9.17) is 25.8 Å². The molecule has 2 aliphatic heterocycles. The van der Waals surface area contributed by atoms with Crippen molar-refractivity contribution in [3.8, 4) is 22.3 Å². The average Bonchev–Trinajstić information content (AvgIpc) is 3.76. The Bertz CT molecular complexity index is 1830. The number of alkyl halides is 3. The van der Waals surface area contributed by atoms with E-state index in [0.29, 0.717) is 11.4 Å². The van der Waals surface area contributed by atoms with Crippen molar-refractivity contribution < 1.29 is 37.6 Å². The van der Waals surface area contributed by atoms with Gasteiger partial charge in [-0.25, -0.2) is 9.67 Å². The van der Waals surface area contributed by atoms with Crippen LogP contribution in [0.5, 0.6) is 5.19 Å². The number of aryl methyl sites for hydroxylation is 1. The summed E-state index contributed by atoms with van der Waals surface area (Å²) in [5, 5.41) is 39.8. The van der Waals surface area contributed by atoms with Crippen molar-refractivity contribution in [3.63, 3.8) is 0 Å². The molecule has 234 valence electrons. The summed E-state index contributed by atoms with van der Waals surface area (Å²) in [5.41, 5.74) is 0.119. The van der Waals surface area contributed by atoms with E-state index in [9.17, 15) is 23.4 Å². The van der Waals surface area contributed by atoms with E-state index in [1.807, 2.05) is 30.3 Å². The molecule has 0 radical (unpaired) electrons. The number of thiazole rings is 1. The molecular weight excluding hydrogens is 639 g/mol. The Morgan fingerprint density at radius 1 is 1.04 bits per heavy atom. The minimum Gasteiger partial charge on any atom is -0.486 e. The number of benzene rings is 2. The lowest BCUT2D eigenvalue weighted by molar-refractivity contribution is -0.319. The summed E-state index contributed by atoms with van der Waals surface area (Å²) in [6, 6.07) is 11.4. The van der Waals surface area contributed by atoms with Crippen LogP contribution in [0.2, 0.25) is 5.02 Å². The van der Waals surface area contributed by atoms with E-state index in [1.54, 1.807) is 5.38 Å². The SMILES string of the molecule is Cc1nnc([C@@H]2O[C@@H]3COC(c4ccccc4)O[C@@H]3[C@H](n3cc(-c4csc(O)n4)nn3)[C@H]2O)n1-c1cc(Cl)ccc1C(F)(F)F. The van der Waals surface area contributed by atoms with Gasteiger partial charge in [-0.3, -0.25) is 4.57 Å². The topological polar surface area (TPSA) is 142 Å². The average molecular weight is 662 g/mol. The van der Waals surface area contributed by atoms with E-state index in [1.165, 1.54) is 22.4 Å². The fourth-order valence-corrected chi connectivity index (χ4v) is 6.33. The summed E-state index contributed by atoms with van der Waals surface area (Å²) in [6.45, 7) is 1.50. The second-order valence-electron chi connectivity index (χ2n) is 10.5. The van der Waals surface area contributed by atoms with Crippen molar-refractivity contribution in [2.45, 2.75) is 49.8 Å². The van der Waals surface area contributed by atoms with E-state index in [2.05, 4.69) is 25.5 Å². The van der Waals surface area contributed by atoms with Crippen LogP contribution < -0.4 is 0 Å². The lowest BCUT2D eigenvalue weighted by Gasteiger charge is -2.47. The number of fused-ring (bicyclic) bond motifs is 1. The molecule has 0 spiro atoms. The molecule has 2 fully saturated rings. The second-order valence-corrected chi connectivity index (χ2v) is 11.7. The Labute approximate surface area is 261 Å². The van der Waals surface area contributed by atoms with Crippen molar-refractivity contribution in [1.82, 2.24) is 34.7 Å². The van der Waals surface area contributed by atoms with Gasteiger partial charge in [0.25, 0.3) is 5.19 Å². The highest BCUT2D eigenvalue weighted by Gasteiger charge is 2.53. The number of hydrogen-bond acceptors (Lipinski definition) is 11. The molecule has 12 nitrogen and oxygen atoms in total. The first-order valence-corrected chi connectivity index (χ1v) is 14.9. The largest absolute Gasteiger partial charge is 0.486 e. The maximum absolute atomic E-state index is 14.1. The number of hydrogen-bond donors (Lipinski definition) is 2. The number of aromatic hydroxyl groups is 1. The quantitative estimate of drug-likeness (QED) is 0.269. The predicted molar refractivity (Wildman–Crippen MR) is 152 cm³/mol. The Balaban J connectivity index is 1.31. The highest BCUT2D eigenvalue weighted by Crippen LogP contribution is 2.45. The molecule has 0 saturated carbocycles. The Hall–Kier alpha value is -3.93. The van der Waals surface area contributed by atoms with Gasteiger partial charge < -0.3 is 24.4 Å². The Morgan fingerprint density at radius 2 is 1.84 bits per heavy atom. The number of ether oxygens (including phenoxy) is 3. The summed E-state index contributed by atoms with van der Waals surface area (Å²) >= 11 is 7.16. The third-order valence-corrected chi connectivity index (χ3v) is 8.51. The van der Waals surface area contributed by atoms with E-state index < -0.39 is 48.5 Å². The van der Waals surface area contributed by atoms with Crippen molar-refractivity contribution >= 4 is 22.9 Å². The normalized spacial score (nSPS) is 25.3. The van der Waals surface area contributed by atoms with E-state index in [-0.39, 0.29) is 34.2 Å². The summed E-state index contributed by atoms with van der Waals surface area (Å²) in [7, 11) is 0. The van der Waals surface area contributed by atoms with Gasteiger partial charge in [0.05, 0.1) is 24.1 Å². The van der Waals surface area contributed by atoms with Gasteiger partial charge in [0.1, 0.15) is 47.7 Å². The fourth-order valence-electron chi connectivity index (χ4n) is 5.62. The molecule has 0 bridgehead atoms. The molecule has 2 aliphatic rings. The molecule has 5 heterocycles. The number of nitrogens with zero attached hydrogens (tertiary/aromatic N) is 7. The minimum absolute atomic E-state index is 0.0174. The van der Waals surface area contributed by atoms with Crippen LogP contribution in [0.1, 0.15) is 41.2 Å². The van der Waals surface area contributed by atoms with Crippen molar-refractivity contribution in [2.24, 2.45) is 0 Å². The van der Waals surface area contributed by atoms with Gasteiger partial charge in [-0.05, 0) is 25.1 Å². The first-order valence-electron chi connectivity index (χ1n) is 13.6. The van der Waals surface area contributed by atoms with Crippen LogP contribution in [-0.2, 0) is 20.4 Å². The molecule has 0 aliphatic carbocycles. The smallest absolute Gasteiger partial charge is 0.418 e. The molecule has 17 heteroatoms. The number of aromatic nitrogens is 7. The van der Waals surface area contributed by atoms with Gasteiger partial charge in [0, 0.05) is 16.0 Å². The summed E-state index contributed by atoms with van der Waals surface area (Å²) in [5.74, 6) is 0.0186. The van der Waals surface area contributed by atoms with Crippen molar-refractivity contribution in [2.75, 3.05) is 6.61 Å². The standard InChI is InChI=1S/C28H23ClF3N7O5S/c1-13-34-36-25(39(13)19-9-15(29)7-8-16(19)28(30,31)32)24-22(40)21(38-10-17(35-37-38)18-12-45-27(41)33-18)23-20(43-24)11-42-26(44-23)14-5-3-2-4-6-14/h2-10,12,20-24,26,40H,11H2,1H3,(H,33,41)/t20-,21-,22-,23+,24-,26?/m1/s1. The first-order chi connectivity index (χ1) is 21.6. The molecule has 1 unspecified atom stereocenters. The minimum atomic E-state index is -4.73. The Morgan fingerprint density at radius 3 is 2.58 bits per heavy atom. The van der Waals surface area contributed by atoms with E-state index >= 15 is 0 Å². The molecule has 2 saturated heterocycles. The van der Waals surface area contributed by atoms with Crippen LogP contribution in [0.4, 0.5) is 13.2 Å². The summed E-state index contributed by atoms with van der Waals surface area (Å²) < 4.78 is 63.6. The van der Waals surface area contributed by atoms with Gasteiger partial charge in [0.2, 0.25) is 0 Å². The monoisotopic (exact) mass is 661 g/mol. The third kappa shape index (κ3) is 5.47. The third-order valence-electron chi connectivity index (χ3n) is 7.63. The first kappa shape index (κ1) is 29.8. The van der Waals surface area contributed by atoms with Gasteiger partial charge in [0.15, 0.2) is 12.1 Å². The molecule has 3 aromatic heterocycles. The maximum Gasteiger partial charge on any atom is 0.418 e. The molecule has 5 aromatic rings. The zero-order valence-electron chi connectivity index (χ0n) is 23.1. The summed E-state index contributed by atoms with van der Waals surface area (Å²) in [6.07, 6.45) is -8.44. The molecule has 6 atom stereocenters. The van der Waals surface area contributed by atoms with Crippen LogP contribution in [0.25, 0.3) is 17.1 Å². The van der Waals surface area contributed by atoms with Crippen molar-refractivity contribution in [3.05, 3.63) is 87.9 Å². The molecule has 2 aromatic carbocycles. The van der Waals surface area contributed by atoms with E-state index in [0.717, 1.165) is 35.1 Å². The number of aliphatic hydroxyl groups excluding tert-OH is 1. The van der Waals surface area contributed by atoms with Crippen LogP contribution in [0, 0.1) is 6.92 Å². The molecule has 7 rings (SSSR count). The van der Waals surface area contributed by atoms with Crippen molar-refractivity contribution in [1.29, 1.82) is 0 Å². The van der Waals surface area contributed by atoms with Crippen LogP contribution in [0.3, 0.4) is 0 Å². The molecular formula is C28H23ClF3N7O5S. The summed E-state index contributed by atoms with van der Waals surface area (Å²) in [4.78, 5) is 4.03. The van der Waals surface area contributed by atoms with Gasteiger partial charge in [-0.2, -0.15) is 13.2 Å².